The monoisotopic (exact) mass is 519 g/mol. The third-order valence-electron chi connectivity index (χ3n) is 8.69. The van der Waals surface area contributed by atoms with E-state index < -0.39 is 0 Å². The Balaban J connectivity index is 1.22. The summed E-state index contributed by atoms with van der Waals surface area (Å²) in [5, 5.41) is 8.44. The van der Waals surface area contributed by atoms with Crippen LogP contribution in [0.1, 0.15) is 57.2 Å². The number of piperidine rings is 2. The van der Waals surface area contributed by atoms with Crippen molar-refractivity contribution in [2.45, 2.75) is 70.0 Å². The topological polar surface area (TPSA) is 110 Å². The number of nitrogens with one attached hydrogen (secondary N) is 1. The highest BCUT2D eigenvalue weighted by Gasteiger charge is 2.28. The molecule has 0 aromatic carbocycles. The minimum atomic E-state index is 0.339. The van der Waals surface area contributed by atoms with Gasteiger partial charge in [0.15, 0.2) is 5.82 Å². The van der Waals surface area contributed by atoms with Crippen molar-refractivity contribution in [3.63, 3.8) is 0 Å². The largest absolute Gasteiger partial charge is 0.382 e. The molecule has 0 radical (unpaired) electrons. The lowest BCUT2D eigenvalue weighted by molar-refractivity contribution is 0.0851. The Morgan fingerprint density at radius 1 is 0.947 bits per heavy atom. The molecule has 3 aliphatic rings. The summed E-state index contributed by atoms with van der Waals surface area (Å²) in [7, 11) is 2.23. The number of hydrogen-bond acceptors (Lipinski definition) is 9. The molecule has 10 heteroatoms. The number of aryl methyl sites for hydroxylation is 1. The molecule has 38 heavy (non-hydrogen) atoms. The predicted octanol–water partition coefficient (Wildman–Crippen LogP) is 3.35. The number of ether oxygens (including phenoxy) is 1. The van der Waals surface area contributed by atoms with Crippen LogP contribution in [-0.2, 0) is 11.2 Å². The lowest BCUT2D eigenvalue weighted by Gasteiger charge is -2.41. The molecule has 3 N–H and O–H groups in total. The predicted molar refractivity (Wildman–Crippen MR) is 150 cm³/mol. The number of hydrogen-bond donors (Lipinski definition) is 2. The van der Waals surface area contributed by atoms with E-state index in [1.54, 1.807) is 0 Å². The number of likely N-dealkylation sites (tertiary alicyclic amines) is 2. The highest BCUT2D eigenvalue weighted by molar-refractivity contribution is 5.96. The summed E-state index contributed by atoms with van der Waals surface area (Å²) in [5.74, 6) is 1.25. The first-order chi connectivity index (χ1) is 18.6. The summed E-state index contributed by atoms with van der Waals surface area (Å²) in [6.07, 6.45) is 13.5. The van der Waals surface area contributed by atoms with Gasteiger partial charge in [0.1, 0.15) is 16.9 Å². The van der Waals surface area contributed by atoms with E-state index in [4.69, 9.17) is 25.5 Å². The van der Waals surface area contributed by atoms with Crippen LogP contribution < -0.4 is 11.1 Å². The highest BCUT2D eigenvalue weighted by atomic mass is 16.5. The van der Waals surface area contributed by atoms with Gasteiger partial charge in [-0.2, -0.15) is 5.10 Å². The standard InChI is InChI=1S/C28H41N9O/c1-3-24-28(32-20-8-14-38-15-9-20)34-25-23(17-30-27(29)26(25)33-24)19-16-31-37(18-19)22-6-12-36(13-7-22)21-4-10-35(2)11-5-21/h16-18,20-22H,3-15H2,1-2H3,(H2,29,30)(H,32,34). The van der Waals surface area contributed by atoms with E-state index in [1.165, 1.54) is 25.9 Å². The summed E-state index contributed by atoms with van der Waals surface area (Å²) in [6, 6.07) is 1.50. The van der Waals surface area contributed by atoms with Crippen LogP contribution in [0.4, 0.5) is 11.6 Å². The number of nitrogen functional groups attached to an aromatic ring is 1. The fourth-order valence-electron chi connectivity index (χ4n) is 6.25. The molecule has 3 aromatic rings. The molecule has 6 heterocycles. The van der Waals surface area contributed by atoms with E-state index in [2.05, 4.69) is 45.0 Å². The fraction of sp³-hybridized carbons (Fsp3) is 0.643. The summed E-state index contributed by atoms with van der Waals surface area (Å²) in [4.78, 5) is 19.6. The number of anilines is 2. The van der Waals surface area contributed by atoms with Crippen molar-refractivity contribution in [1.82, 2.24) is 34.5 Å². The Hall–Kier alpha value is -2.82. The van der Waals surface area contributed by atoms with Gasteiger partial charge in [-0.3, -0.25) is 4.68 Å². The quantitative estimate of drug-likeness (QED) is 0.506. The molecular formula is C28H41N9O. The van der Waals surface area contributed by atoms with Gasteiger partial charge in [0.2, 0.25) is 0 Å². The average Bonchev–Trinajstić information content (AvgIpc) is 3.44. The molecule has 10 nitrogen and oxygen atoms in total. The molecule has 0 bridgehead atoms. The lowest BCUT2D eigenvalue weighted by Crippen LogP contribution is -2.47. The first-order valence-electron chi connectivity index (χ1n) is 14.4. The molecular weight excluding hydrogens is 478 g/mol. The van der Waals surface area contributed by atoms with E-state index in [-0.39, 0.29) is 0 Å². The van der Waals surface area contributed by atoms with Crippen LogP contribution in [0.5, 0.6) is 0 Å². The average molecular weight is 520 g/mol. The SMILES string of the molecule is CCc1nc2c(N)ncc(-c3cnn(C4CCN(C5CCN(C)CC5)CC4)c3)c2nc1NC1CCOCC1. The smallest absolute Gasteiger partial charge is 0.151 e. The minimum Gasteiger partial charge on any atom is -0.382 e. The zero-order valence-electron chi connectivity index (χ0n) is 22.8. The maximum atomic E-state index is 6.29. The second-order valence-electron chi connectivity index (χ2n) is 11.2. The zero-order chi connectivity index (χ0) is 26.1. The van der Waals surface area contributed by atoms with Gasteiger partial charge in [-0.15, -0.1) is 0 Å². The number of rotatable bonds is 6. The summed E-state index contributed by atoms with van der Waals surface area (Å²) in [6.45, 7) is 8.37. The molecule has 204 valence electrons. The van der Waals surface area contributed by atoms with Gasteiger partial charge >= 0.3 is 0 Å². The van der Waals surface area contributed by atoms with E-state index >= 15 is 0 Å². The van der Waals surface area contributed by atoms with Crippen LogP contribution in [0, 0.1) is 0 Å². The molecule has 0 amide bonds. The number of nitrogens with zero attached hydrogens (tertiary/aromatic N) is 7. The van der Waals surface area contributed by atoms with Gasteiger partial charge in [0.05, 0.1) is 17.9 Å². The lowest BCUT2D eigenvalue weighted by atomic mass is 9.98. The minimum absolute atomic E-state index is 0.339. The van der Waals surface area contributed by atoms with Crippen molar-refractivity contribution >= 4 is 22.7 Å². The first kappa shape index (κ1) is 25.5. The van der Waals surface area contributed by atoms with Gasteiger partial charge in [0, 0.05) is 61.9 Å². The third-order valence-corrected chi connectivity index (χ3v) is 8.69. The molecule has 0 atom stereocenters. The third kappa shape index (κ3) is 5.21. The molecule has 6 rings (SSSR count). The number of nitrogens with two attached hydrogens (primary N) is 1. The second-order valence-corrected chi connectivity index (χ2v) is 11.2. The van der Waals surface area contributed by atoms with Gasteiger partial charge in [-0.1, -0.05) is 6.92 Å². The van der Waals surface area contributed by atoms with Gasteiger partial charge in [-0.25, -0.2) is 15.0 Å². The maximum absolute atomic E-state index is 6.29. The molecule has 0 spiro atoms. The molecule has 0 unspecified atom stereocenters. The number of fused-ring (bicyclic) bond motifs is 1. The molecule has 3 fully saturated rings. The van der Waals surface area contributed by atoms with Gasteiger partial charge in [0.25, 0.3) is 0 Å². The van der Waals surface area contributed by atoms with Crippen molar-refractivity contribution in [3.05, 3.63) is 24.3 Å². The Morgan fingerprint density at radius 3 is 2.42 bits per heavy atom. The van der Waals surface area contributed by atoms with Crippen molar-refractivity contribution in [1.29, 1.82) is 0 Å². The summed E-state index contributed by atoms with van der Waals surface area (Å²) in [5.41, 5.74) is 10.6. The van der Waals surface area contributed by atoms with Crippen LogP contribution in [0.3, 0.4) is 0 Å². The Labute approximate surface area is 225 Å². The van der Waals surface area contributed by atoms with Crippen molar-refractivity contribution in [2.24, 2.45) is 0 Å². The second kappa shape index (κ2) is 11.1. The Bertz CT molecular complexity index is 1240. The maximum Gasteiger partial charge on any atom is 0.151 e. The first-order valence-corrected chi connectivity index (χ1v) is 14.4. The van der Waals surface area contributed by atoms with Crippen LogP contribution >= 0.6 is 0 Å². The normalized spacial score (nSPS) is 21.3. The van der Waals surface area contributed by atoms with Crippen molar-refractivity contribution < 1.29 is 4.74 Å². The van der Waals surface area contributed by atoms with Crippen molar-refractivity contribution in [3.8, 4) is 11.1 Å². The summed E-state index contributed by atoms with van der Waals surface area (Å²) < 4.78 is 7.69. The zero-order valence-corrected chi connectivity index (χ0v) is 22.8. The molecule has 3 aliphatic heterocycles. The molecule has 0 aliphatic carbocycles. The number of aromatic nitrogens is 5. The van der Waals surface area contributed by atoms with Crippen LogP contribution in [0.25, 0.3) is 22.2 Å². The van der Waals surface area contributed by atoms with Gasteiger partial charge in [-0.05, 0) is 65.1 Å². The van der Waals surface area contributed by atoms with E-state index in [0.29, 0.717) is 23.4 Å². The van der Waals surface area contributed by atoms with Crippen LogP contribution in [0.2, 0.25) is 0 Å². The Morgan fingerprint density at radius 2 is 1.68 bits per heavy atom. The van der Waals surface area contributed by atoms with E-state index in [1.807, 2.05) is 12.4 Å². The summed E-state index contributed by atoms with van der Waals surface area (Å²) >= 11 is 0. The van der Waals surface area contributed by atoms with Crippen LogP contribution in [0.15, 0.2) is 18.6 Å². The molecule has 3 saturated heterocycles. The van der Waals surface area contributed by atoms with E-state index in [9.17, 15) is 0 Å². The van der Waals surface area contributed by atoms with Crippen molar-refractivity contribution in [2.75, 3.05) is 57.5 Å². The molecule has 0 saturated carbocycles. The number of pyridine rings is 1. The van der Waals surface area contributed by atoms with Crippen LogP contribution in [-0.4, -0.2) is 93.1 Å². The fourth-order valence-corrected chi connectivity index (χ4v) is 6.25. The molecule has 3 aromatic heterocycles. The van der Waals surface area contributed by atoms with E-state index in [0.717, 1.165) is 92.6 Å². The Kier molecular flexibility index (Phi) is 7.45. The van der Waals surface area contributed by atoms with Gasteiger partial charge < -0.3 is 25.6 Å². The highest BCUT2D eigenvalue weighted by Crippen LogP contribution is 2.33.